The van der Waals surface area contributed by atoms with Crippen molar-refractivity contribution in [2.45, 2.75) is 6.92 Å². The van der Waals surface area contributed by atoms with Gasteiger partial charge in [0.1, 0.15) is 11.5 Å². The summed E-state index contributed by atoms with van der Waals surface area (Å²) in [5.74, 6) is 0.937. The zero-order valence-electron chi connectivity index (χ0n) is 13.0. The van der Waals surface area contributed by atoms with Gasteiger partial charge in [0.05, 0.1) is 12.8 Å². The Morgan fingerprint density at radius 1 is 1.13 bits per heavy atom. The van der Waals surface area contributed by atoms with Gasteiger partial charge in [-0.15, -0.1) is 0 Å². The van der Waals surface area contributed by atoms with Crippen molar-refractivity contribution in [3.05, 3.63) is 54.1 Å². The fraction of sp³-hybridized carbons (Fsp3) is 0.176. The van der Waals surface area contributed by atoms with Gasteiger partial charge < -0.3 is 14.8 Å². The highest BCUT2D eigenvalue weighted by Crippen LogP contribution is 2.22. The van der Waals surface area contributed by atoms with E-state index in [2.05, 4.69) is 10.6 Å². The molecular formula is C17H18N2O3S. The standard InChI is InChI=1S/C17H18N2O3S/c1-12-7-9-13(10-8-12)22-11-16(20)19-17(23)18-14-5-3-4-6-15(14)21-2/h3-10H,11H2,1-2H3,(H2,18,19,20,23). The Bertz CT molecular complexity index is 686. The van der Waals surface area contributed by atoms with E-state index in [4.69, 9.17) is 21.7 Å². The minimum absolute atomic E-state index is 0.114. The van der Waals surface area contributed by atoms with Gasteiger partial charge in [-0.3, -0.25) is 10.1 Å². The van der Waals surface area contributed by atoms with Crippen LogP contribution in [0.5, 0.6) is 11.5 Å². The van der Waals surface area contributed by atoms with Crippen LogP contribution in [0.4, 0.5) is 5.69 Å². The first kappa shape index (κ1) is 16.8. The summed E-state index contributed by atoms with van der Waals surface area (Å²) in [6, 6.07) is 14.8. The third kappa shape index (κ3) is 5.27. The van der Waals surface area contributed by atoms with Crippen LogP contribution in [0.3, 0.4) is 0 Å². The molecule has 0 atom stereocenters. The average Bonchev–Trinajstić information content (AvgIpc) is 2.54. The van der Waals surface area contributed by atoms with Gasteiger partial charge in [-0.2, -0.15) is 0 Å². The lowest BCUT2D eigenvalue weighted by Gasteiger charge is -2.12. The fourth-order valence-corrected chi connectivity index (χ4v) is 2.07. The first-order valence-corrected chi connectivity index (χ1v) is 7.42. The average molecular weight is 330 g/mol. The van der Waals surface area contributed by atoms with Crippen LogP contribution in [0.2, 0.25) is 0 Å². The third-order valence-electron chi connectivity index (χ3n) is 3.00. The number of hydrogen-bond donors (Lipinski definition) is 2. The summed E-state index contributed by atoms with van der Waals surface area (Å²) in [6.45, 7) is 1.87. The van der Waals surface area contributed by atoms with E-state index < -0.39 is 0 Å². The van der Waals surface area contributed by atoms with Crippen molar-refractivity contribution in [3.63, 3.8) is 0 Å². The lowest BCUT2D eigenvalue weighted by molar-refractivity contribution is -0.121. The number of aryl methyl sites for hydroxylation is 1. The molecule has 2 aromatic rings. The van der Waals surface area contributed by atoms with Gasteiger partial charge in [-0.25, -0.2) is 0 Å². The molecule has 5 nitrogen and oxygen atoms in total. The van der Waals surface area contributed by atoms with Gasteiger partial charge >= 0.3 is 0 Å². The maximum atomic E-state index is 11.8. The van der Waals surface area contributed by atoms with Crippen LogP contribution >= 0.6 is 12.2 Å². The Hall–Kier alpha value is -2.60. The SMILES string of the molecule is COc1ccccc1NC(=S)NC(=O)COc1ccc(C)cc1. The Morgan fingerprint density at radius 2 is 1.83 bits per heavy atom. The predicted molar refractivity (Wildman–Crippen MR) is 94.0 cm³/mol. The van der Waals surface area contributed by atoms with E-state index in [1.54, 1.807) is 19.2 Å². The Labute approximate surface area is 140 Å². The Kier molecular flexibility index (Phi) is 5.94. The van der Waals surface area contributed by atoms with Crippen LogP contribution in [-0.4, -0.2) is 24.7 Å². The molecule has 0 fully saturated rings. The number of para-hydroxylation sites is 2. The fourth-order valence-electron chi connectivity index (χ4n) is 1.85. The van der Waals surface area contributed by atoms with Crippen LogP contribution in [0.1, 0.15) is 5.56 Å². The molecule has 0 heterocycles. The highest BCUT2D eigenvalue weighted by molar-refractivity contribution is 7.80. The number of carbonyl (C=O) groups excluding carboxylic acids is 1. The lowest BCUT2D eigenvalue weighted by Crippen LogP contribution is -2.37. The number of thiocarbonyl (C=S) groups is 1. The number of carbonyl (C=O) groups is 1. The van der Waals surface area contributed by atoms with Crippen molar-refractivity contribution in [1.29, 1.82) is 0 Å². The number of anilines is 1. The Balaban J connectivity index is 1.82. The molecule has 0 bridgehead atoms. The highest BCUT2D eigenvalue weighted by Gasteiger charge is 2.08. The molecule has 2 rings (SSSR count). The van der Waals surface area contributed by atoms with Gasteiger partial charge in [-0.05, 0) is 43.4 Å². The van der Waals surface area contributed by atoms with E-state index in [1.165, 1.54) is 0 Å². The van der Waals surface area contributed by atoms with Crippen LogP contribution < -0.4 is 20.1 Å². The van der Waals surface area contributed by atoms with Crippen LogP contribution in [0.15, 0.2) is 48.5 Å². The van der Waals surface area contributed by atoms with Gasteiger partial charge in [-0.1, -0.05) is 29.8 Å². The molecule has 0 unspecified atom stereocenters. The summed E-state index contributed by atoms with van der Waals surface area (Å²) in [6.07, 6.45) is 0. The molecule has 120 valence electrons. The molecule has 0 aliphatic rings. The largest absolute Gasteiger partial charge is 0.495 e. The number of nitrogens with one attached hydrogen (secondary N) is 2. The first-order valence-electron chi connectivity index (χ1n) is 7.02. The van der Waals surface area contributed by atoms with Crippen molar-refractivity contribution in [1.82, 2.24) is 5.32 Å². The molecule has 0 aromatic heterocycles. The van der Waals surface area contributed by atoms with E-state index in [1.807, 2.05) is 43.3 Å². The molecule has 2 aromatic carbocycles. The third-order valence-corrected chi connectivity index (χ3v) is 3.20. The maximum Gasteiger partial charge on any atom is 0.264 e. The summed E-state index contributed by atoms with van der Waals surface area (Å²) in [5.41, 5.74) is 1.81. The van der Waals surface area contributed by atoms with Crippen LogP contribution in [0, 0.1) is 6.92 Å². The smallest absolute Gasteiger partial charge is 0.264 e. The second kappa shape index (κ2) is 8.14. The van der Waals surface area contributed by atoms with E-state index in [9.17, 15) is 4.79 Å². The molecule has 0 aliphatic carbocycles. The topological polar surface area (TPSA) is 59.6 Å². The maximum absolute atomic E-state index is 11.8. The molecule has 0 aliphatic heterocycles. The zero-order chi connectivity index (χ0) is 16.7. The molecule has 0 spiro atoms. The van der Waals surface area contributed by atoms with Crippen molar-refractivity contribution < 1.29 is 14.3 Å². The molecule has 23 heavy (non-hydrogen) atoms. The van der Waals surface area contributed by atoms with Gasteiger partial charge in [0, 0.05) is 0 Å². The number of hydrogen-bond acceptors (Lipinski definition) is 4. The number of amides is 1. The molecule has 0 saturated heterocycles. The summed E-state index contributed by atoms with van der Waals surface area (Å²) < 4.78 is 10.6. The van der Waals surface area contributed by atoms with E-state index in [0.717, 1.165) is 5.56 Å². The summed E-state index contributed by atoms with van der Waals surface area (Å²) in [5, 5.41) is 5.67. The van der Waals surface area contributed by atoms with Crippen LogP contribution in [0.25, 0.3) is 0 Å². The minimum Gasteiger partial charge on any atom is -0.495 e. The quantitative estimate of drug-likeness (QED) is 0.826. The van der Waals surface area contributed by atoms with Crippen molar-refractivity contribution >= 4 is 28.9 Å². The number of ether oxygens (including phenoxy) is 2. The molecule has 6 heteroatoms. The van der Waals surface area contributed by atoms with E-state index >= 15 is 0 Å². The van der Waals surface area contributed by atoms with Gasteiger partial charge in [0.2, 0.25) is 0 Å². The van der Waals surface area contributed by atoms with Gasteiger partial charge in [0.25, 0.3) is 5.91 Å². The minimum atomic E-state index is -0.335. The van der Waals surface area contributed by atoms with E-state index in [-0.39, 0.29) is 17.6 Å². The first-order chi connectivity index (χ1) is 11.1. The predicted octanol–water partition coefficient (Wildman–Crippen LogP) is 2.90. The zero-order valence-corrected chi connectivity index (χ0v) is 13.8. The molecule has 1 amide bonds. The lowest BCUT2D eigenvalue weighted by atomic mass is 10.2. The van der Waals surface area contributed by atoms with Crippen molar-refractivity contribution in [2.75, 3.05) is 19.0 Å². The summed E-state index contributed by atoms with van der Waals surface area (Å²) in [4.78, 5) is 11.8. The molecule has 0 saturated carbocycles. The van der Waals surface area contributed by atoms with Gasteiger partial charge in [0.15, 0.2) is 11.7 Å². The summed E-state index contributed by atoms with van der Waals surface area (Å²) >= 11 is 5.11. The highest BCUT2D eigenvalue weighted by atomic mass is 32.1. The van der Waals surface area contributed by atoms with Crippen molar-refractivity contribution in [3.8, 4) is 11.5 Å². The number of methoxy groups -OCH3 is 1. The van der Waals surface area contributed by atoms with Crippen LogP contribution in [-0.2, 0) is 4.79 Å². The second-order valence-corrected chi connectivity index (χ2v) is 5.21. The Morgan fingerprint density at radius 3 is 2.52 bits per heavy atom. The van der Waals surface area contributed by atoms with Crippen molar-refractivity contribution in [2.24, 2.45) is 0 Å². The monoisotopic (exact) mass is 330 g/mol. The molecular weight excluding hydrogens is 312 g/mol. The number of rotatable bonds is 5. The second-order valence-electron chi connectivity index (χ2n) is 4.80. The molecule has 0 radical (unpaired) electrons. The van der Waals surface area contributed by atoms with E-state index in [0.29, 0.717) is 17.2 Å². The normalized spacial score (nSPS) is 9.83. The number of benzene rings is 2. The summed E-state index contributed by atoms with van der Waals surface area (Å²) in [7, 11) is 1.57. The molecule has 2 N–H and O–H groups in total.